The number of nitrogens with one attached hydrogen (secondary N) is 1. The Kier molecular flexibility index (Phi) is 4.14. The SMILES string of the molecule is N#Cc1cccc(NC(=O)C(=O)N2CCCCC2)c1. The molecule has 0 spiro atoms. The third-order valence-electron chi connectivity index (χ3n) is 3.09. The number of nitriles is 1. The molecule has 1 fully saturated rings. The van der Waals surface area contributed by atoms with Gasteiger partial charge in [0.1, 0.15) is 0 Å². The highest BCUT2D eigenvalue weighted by molar-refractivity contribution is 6.39. The zero-order chi connectivity index (χ0) is 13.7. The average Bonchev–Trinajstić information content (AvgIpc) is 2.47. The van der Waals surface area contributed by atoms with Crippen molar-refractivity contribution in [1.82, 2.24) is 4.90 Å². The van der Waals surface area contributed by atoms with Crippen molar-refractivity contribution in [1.29, 1.82) is 5.26 Å². The van der Waals surface area contributed by atoms with E-state index in [0.717, 1.165) is 19.3 Å². The van der Waals surface area contributed by atoms with Crippen LogP contribution in [0.5, 0.6) is 0 Å². The first-order chi connectivity index (χ1) is 9.20. The molecule has 0 saturated carbocycles. The lowest BCUT2D eigenvalue weighted by atomic mass is 10.1. The minimum atomic E-state index is -0.642. The van der Waals surface area contributed by atoms with Gasteiger partial charge < -0.3 is 10.2 Å². The van der Waals surface area contributed by atoms with Crippen LogP contribution in [0.1, 0.15) is 24.8 Å². The standard InChI is InChI=1S/C14H15N3O2/c15-10-11-5-4-6-12(9-11)16-13(18)14(19)17-7-2-1-3-8-17/h4-6,9H,1-3,7-8H2,(H,16,18). The molecule has 2 amide bonds. The van der Waals surface area contributed by atoms with E-state index in [4.69, 9.17) is 5.26 Å². The molecule has 0 aliphatic carbocycles. The van der Waals surface area contributed by atoms with E-state index in [9.17, 15) is 9.59 Å². The van der Waals surface area contributed by atoms with Crippen LogP contribution in [-0.2, 0) is 9.59 Å². The van der Waals surface area contributed by atoms with Gasteiger partial charge in [-0.25, -0.2) is 0 Å². The smallest absolute Gasteiger partial charge is 0.313 e. The predicted molar refractivity (Wildman–Crippen MR) is 70.2 cm³/mol. The summed E-state index contributed by atoms with van der Waals surface area (Å²) in [5, 5.41) is 11.3. The lowest BCUT2D eigenvalue weighted by Crippen LogP contribution is -2.42. The summed E-state index contributed by atoms with van der Waals surface area (Å²) in [4.78, 5) is 25.3. The van der Waals surface area contributed by atoms with E-state index < -0.39 is 11.8 Å². The van der Waals surface area contributed by atoms with Crippen LogP contribution in [0.25, 0.3) is 0 Å². The van der Waals surface area contributed by atoms with E-state index in [1.54, 1.807) is 29.2 Å². The first kappa shape index (κ1) is 13.1. The average molecular weight is 257 g/mol. The van der Waals surface area contributed by atoms with E-state index in [-0.39, 0.29) is 0 Å². The number of nitrogens with zero attached hydrogens (tertiary/aromatic N) is 2. The second-order valence-corrected chi connectivity index (χ2v) is 4.50. The zero-order valence-electron chi connectivity index (χ0n) is 10.6. The summed E-state index contributed by atoms with van der Waals surface area (Å²) in [5.74, 6) is -1.14. The molecule has 19 heavy (non-hydrogen) atoms. The van der Waals surface area contributed by atoms with Crippen molar-refractivity contribution in [2.75, 3.05) is 18.4 Å². The van der Waals surface area contributed by atoms with Crippen molar-refractivity contribution in [2.45, 2.75) is 19.3 Å². The molecule has 98 valence electrons. The molecule has 0 radical (unpaired) electrons. The second kappa shape index (κ2) is 6.01. The number of rotatable bonds is 1. The third-order valence-corrected chi connectivity index (χ3v) is 3.09. The van der Waals surface area contributed by atoms with Crippen LogP contribution in [-0.4, -0.2) is 29.8 Å². The molecule has 2 rings (SSSR count). The third kappa shape index (κ3) is 3.32. The van der Waals surface area contributed by atoms with Crippen LogP contribution >= 0.6 is 0 Å². The normalized spacial score (nSPS) is 14.6. The maximum absolute atomic E-state index is 11.9. The molecule has 0 bridgehead atoms. The van der Waals surface area contributed by atoms with Crippen LogP contribution in [0.4, 0.5) is 5.69 Å². The molecule has 1 aliphatic rings. The topological polar surface area (TPSA) is 73.2 Å². The van der Waals surface area contributed by atoms with Gasteiger partial charge in [-0.2, -0.15) is 5.26 Å². The lowest BCUT2D eigenvalue weighted by Gasteiger charge is -2.25. The van der Waals surface area contributed by atoms with Crippen molar-refractivity contribution in [2.24, 2.45) is 0 Å². The van der Waals surface area contributed by atoms with Gasteiger partial charge in [0.15, 0.2) is 0 Å². The maximum Gasteiger partial charge on any atom is 0.313 e. The molecule has 1 heterocycles. The summed E-state index contributed by atoms with van der Waals surface area (Å²) in [6.45, 7) is 1.29. The van der Waals surface area contributed by atoms with Gasteiger partial charge >= 0.3 is 11.8 Å². The van der Waals surface area contributed by atoms with Gasteiger partial charge in [0.05, 0.1) is 11.6 Å². The number of anilines is 1. The molecule has 1 aliphatic heterocycles. The molecule has 0 atom stereocenters. The van der Waals surface area contributed by atoms with Crippen molar-refractivity contribution in [3.63, 3.8) is 0 Å². The molecule has 1 aromatic carbocycles. The number of likely N-dealkylation sites (tertiary alicyclic amines) is 1. The highest BCUT2D eigenvalue weighted by Crippen LogP contribution is 2.12. The van der Waals surface area contributed by atoms with Gasteiger partial charge in [-0.15, -0.1) is 0 Å². The Hall–Kier alpha value is -2.35. The Morgan fingerprint density at radius 2 is 1.95 bits per heavy atom. The fraction of sp³-hybridized carbons (Fsp3) is 0.357. The molecule has 0 aromatic heterocycles. The molecule has 5 nitrogen and oxygen atoms in total. The van der Waals surface area contributed by atoms with Crippen molar-refractivity contribution in [3.8, 4) is 6.07 Å². The summed E-state index contributed by atoms with van der Waals surface area (Å²) in [7, 11) is 0. The van der Waals surface area contributed by atoms with E-state index in [2.05, 4.69) is 5.32 Å². The minimum Gasteiger partial charge on any atom is -0.334 e. The molecule has 1 saturated heterocycles. The quantitative estimate of drug-likeness (QED) is 0.775. The number of amides is 2. The highest BCUT2D eigenvalue weighted by atomic mass is 16.2. The summed E-state index contributed by atoms with van der Waals surface area (Å²) in [6, 6.07) is 8.49. The number of hydrogen-bond donors (Lipinski definition) is 1. The Morgan fingerprint density at radius 1 is 1.21 bits per heavy atom. The summed E-state index contributed by atoms with van der Waals surface area (Å²) < 4.78 is 0. The summed E-state index contributed by atoms with van der Waals surface area (Å²) in [6.07, 6.45) is 3.00. The monoisotopic (exact) mass is 257 g/mol. The van der Waals surface area contributed by atoms with Crippen LogP contribution in [0.2, 0.25) is 0 Å². The fourth-order valence-electron chi connectivity index (χ4n) is 2.09. The van der Waals surface area contributed by atoms with Crippen LogP contribution in [0.15, 0.2) is 24.3 Å². The van der Waals surface area contributed by atoms with Crippen molar-refractivity contribution < 1.29 is 9.59 Å². The fourth-order valence-corrected chi connectivity index (χ4v) is 2.09. The molecular formula is C14H15N3O2. The molecule has 1 N–H and O–H groups in total. The first-order valence-corrected chi connectivity index (χ1v) is 6.31. The molecule has 5 heteroatoms. The minimum absolute atomic E-state index is 0.447. The van der Waals surface area contributed by atoms with Gasteiger partial charge in [-0.3, -0.25) is 9.59 Å². The van der Waals surface area contributed by atoms with Crippen LogP contribution in [0.3, 0.4) is 0 Å². The Morgan fingerprint density at radius 3 is 2.63 bits per heavy atom. The van der Waals surface area contributed by atoms with Gasteiger partial charge in [-0.05, 0) is 37.5 Å². The number of carbonyl (C=O) groups excluding carboxylic acids is 2. The van der Waals surface area contributed by atoms with Crippen LogP contribution in [0, 0.1) is 11.3 Å². The second-order valence-electron chi connectivity index (χ2n) is 4.50. The number of piperidine rings is 1. The molecular weight excluding hydrogens is 242 g/mol. The summed E-state index contributed by atoms with van der Waals surface area (Å²) >= 11 is 0. The predicted octanol–water partition coefficient (Wildman–Crippen LogP) is 1.51. The van der Waals surface area contributed by atoms with E-state index >= 15 is 0 Å². The Bertz CT molecular complexity index is 528. The Balaban J connectivity index is 2.00. The maximum atomic E-state index is 11.9. The van der Waals surface area contributed by atoms with Gasteiger partial charge in [0.2, 0.25) is 0 Å². The Labute approximate surface area is 111 Å². The van der Waals surface area contributed by atoms with Crippen molar-refractivity contribution in [3.05, 3.63) is 29.8 Å². The summed E-state index contributed by atoms with van der Waals surface area (Å²) in [5.41, 5.74) is 0.914. The van der Waals surface area contributed by atoms with E-state index in [0.29, 0.717) is 24.3 Å². The molecule has 1 aromatic rings. The first-order valence-electron chi connectivity index (χ1n) is 6.31. The number of hydrogen-bond acceptors (Lipinski definition) is 3. The van der Waals surface area contributed by atoms with Crippen molar-refractivity contribution >= 4 is 17.5 Å². The van der Waals surface area contributed by atoms with E-state index in [1.165, 1.54) is 0 Å². The molecule has 0 unspecified atom stereocenters. The largest absolute Gasteiger partial charge is 0.334 e. The highest BCUT2D eigenvalue weighted by Gasteiger charge is 2.23. The number of carbonyl (C=O) groups is 2. The van der Waals surface area contributed by atoms with Gasteiger partial charge in [0, 0.05) is 18.8 Å². The number of benzene rings is 1. The lowest BCUT2D eigenvalue weighted by molar-refractivity contribution is -0.143. The van der Waals surface area contributed by atoms with Gasteiger partial charge in [0.25, 0.3) is 0 Å². The van der Waals surface area contributed by atoms with Crippen LogP contribution < -0.4 is 5.32 Å². The zero-order valence-corrected chi connectivity index (χ0v) is 10.6. The van der Waals surface area contributed by atoms with Gasteiger partial charge in [-0.1, -0.05) is 6.07 Å². The van der Waals surface area contributed by atoms with E-state index in [1.807, 2.05) is 6.07 Å².